The number of thioether (sulfide) groups is 1. The zero-order valence-corrected chi connectivity index (χ0v) is 10.5. The first-order chi connectivity index (χ1) is 7.15. The Hall–Kier alpha value is -0.220. The summed E-state index contributed by atoms with van der Waals surface area (Å²) >= 11 is 1.96. The molecule has 3 N–H and O–H groups in total. The van der Waals surface area contributed by atoms with Gasteiger partial charge >= 0.3 is 0 Å². The van der Waals surface area contributed by atoms with Gasteiger partial charge in [-0.25, -0.2) is 0 Å². The second kappa shape index (κ2) is 6.38. The Morgan fingerprint density at radius 3 is 2.67 bits per heavy atom. The normalized spacial score (nSPS) is 22.1. The summed E-state index contributed by atoms with van der Waals surface area (Å²) in [4.78, 5) is 11.8. The number of carbonyl (C=O) groups excluding carboxylic acids is 1. The van der Waals surface area contributed by atoms with Crippen molar-refractivity contribution >= 4 is 17.7 Å². The summed E-state index contributed by atoms with van der Waals surface area (Å²) in [7, 11) is 0. The van der Waals surface area contributed by atoms with Gasteiger partial charge in [-0.2, -0.15) is 11.8 Å². The molecule has 1 saturated heterocycles. The van der Waals surface area contributed by atoms with E-state index in [1.165, 1.54) is 0 Å². The molecule has 4 heteroatoms. The summed E-state index contributed by atoms with van der Waals surface area (Å²) in [6.45, 7) is 4.09. The molecule has 2 unspecified atom stereocenters. The van der Waals surface area contributed by atoms with Gasteiger partial charge in [0.1, 0.15) is 0 Å². The van der Waals surface area contributed by atoms with E-state index in [4.69, 9.17) is 5.73 Å². The standard InChI is InChI=1S/C11H22N2OS/c1-3-8(2)10(12)11(14)13-9-4-6-15-7-5-9/h8-10H,3-7,12H2,1-2H3,(H,13,14). The molecule has 0 radical (unpaired) electrons. The van der Waals surface area contributed by atoms with Crippen LogP contribution in [0.15, 0.2) is 0 Å². The quantitative estimate of drug-likeness (QED) is 0.767. The number of amides is 1. The minimum Gasteiger partial charge on any atom is -0.352 e. The number of hydrogen-bond donors (Lipinski definition) is 2. The Kier molecular flexibility index (Phi) is 5.47. The average molecular weight is 230 g/mol. The fourth-order valence-corrected chi connectivity index (χ4v) is 2.76. The molecule has 1 rings (SSSR count). The molecule has 1 heterocycles. The highest BCUT2D eigenvalue weighted by molar-refractivity contribution is 7.99. The second-order valence-electron chi connectivity index (χ2n) is 4.31. The lowest BCUT2D eigenvalue weighted by Gasteiger charge is -2.25. The van der Waals surface area contributed by atoms with Crippen LogP contribution in [0.4, 0.5) is 0 Å². The van der Waals surface area contributed by atoms with Gasteiger partial charge in [-0.15, -0.1) is 0 Å². The first kappa shape index (κ1) is 12.8. The number of nitrogens with one attached hydrogen (secondary N) is 1. The van der Waals surface area contributed by atoms with Gasteiger partial charge in [0.2, 0.25) is 5.91 Å². The third kappa shape index (κ3) is 4.03. The Labute approximate surface area is 96.6 Å². The van der Waals surface area contributed by atoms with Crippen molar-refractivity contribution in [2.45, 2.75) is 45.2 Å². The van der Waals surface area contributed by atoms with Crippen LogP contribution in [0.1, 0.15) is 33.1 Å². The molecule has 1 fully saturated rings. The summed E-state index contributed by atoms with van der Waals surface area (Å²) in [5.74, 6) is 2.61. The van der Waals surface area contributed by atoms with Crippen LogP contribution in [-0.2, 0) is 4.79 Å². The van der Waals surface area contributed by atoms with Crippen LogP contribution in [0.5, 0.6) is 0 Å². The molecule has 88 valence electrons. The minimum absolute atomic E-state index is 0.0289. The molecule has 0 aliphatic carbocycles. The zero-order chi connectivity index (χ0) is 11.3. The third-order valence-electron chi connectivity index (χ3n) is 3.13. The van der Waals surface area contributed by atoms with Gasteiger partial charge in [-0.1, -0.05) is 20.3 Å². The monoisotopic (exact) mass is 230 g/mol. The molecule has 2 atom stereocenters. The van der Waals surface area contributed by atoms with E-state index in [0.29, 0.717) is 6.04 Å². The average Bonchev–Trinajstić information content (AvgIpc) is 2.28. The second-order valence-corrected chi connectivity index (χ2v) is 5.53. The highest BCUT2D eigenvalue weighted by Crippen LogP contribution is 2.17. The van der Waals surface area contributed by atoms with Crippen LogP contribution >= 0.6 is 11.8 Å². The molecule has 3 nitrogen and oxygen atoms in total. The smallest absolute Gasteiger partial charge is 0.237 e. The van der Waals surface area contributed by atoms with E-state index >= 15 is 0 Å². The van der Waals surface area contributed by atoms with Crippen molar-refractivity contribution in [3.63, 3.8) is 0 Å². The van der Waals surface area contributed by atoms with E-state index < -0.39 is 0 Å². The van der Waals surface area contributed by atoms with Gasteiger partial charge in [0, 0.05) is 6.04 Å². The molecule has 0 aromatic carbocycles. The van der Waals surface area contributed by atoms with Crippen molar-refractivity contribution in [2.75, 3.05) is 11.5 Å². The summed E-state index contributed by atoms with van der Waals surface area (Å²) in [6.07, 6.45) is 3.13. The lowest BCUT2D eigenvalue weighted by molar-refractivity contribution is -0.124. The number of hydrogen-bond acceptors (Lipinski definition) is 3. The fraction of sp³-hybridized carbons (Fsp3) is 0.909. The topological polar surface area (TPSA) is 55.1 Å². The zero-order valence-electron chi connectivity index (χ0n) is 9.66. The van der Waals surface area contributed by atoms with E-state index in [0.717, 1.165) is 30.8 Å². The molecule has 0 bridgehead atoms. The summed E-state index contributed by atoms with van der Waals surface area (Å²) < 4.78 is 0. The Morgan fingerprint density at radius 1 is 1.53 bits per heavy atom. The molecule has 0 aromatic rings. The number of carbonyl (C=O) groups is 1. The highest BCUT2D eigenvalue weighted by atomic mass is 32.2. The van der Waals surface area contributed by atoms with Crippen LogP contribution in [0, 0.1) is 5.92 Å². The first-order valence-corrected chi connectivity index (χ1v) is 6.94. The van der Waals surface area contributed by atoms with E-state index in [-0.39, 0.29) is 17.9 Å². The molecule has 15 heavy (non-hydrogen) atoms. The fourth-order valence-electron chi connectivity index (χ4n) is 1.65. The lowest BCUT2D eigenvalue weighted by atomic mass is 9.99. The van der Waals surface area contributed by atoms with Crippen molar-refractivity contribution in [3.05, 3.63) is 0 Å². The predicted octanol–water partition coefficient (Wildman–Crippen LogP) is 1.37. The van der Waals surface area contributed by atoms with Gasteiger partial charge in [0.05, 0.1) is 6.04 Å². The summed E-state index contributed by atoms with van der Waals surface area (Å²) in [5.41, 5.74) is 5.87. The van der Waals surface area contributed by atoms with Gasteiger partial charge in [-0.3, -0.25) is 4.79 Å². The summed E-state index contributed by atoms with van der Waals surface area (Å²) in [6, 6.07) is 0.0124. The van der Waals surface area contributed by atoms with E-state index in [1.54, 1.807) is 0 Å². The molecule has 1 amide bonds. The molecule has 1 aliphatic heterocycles. The van der Waals surface area contributed by atoms with Gasteiger partial charge in [0.15, 0.2) is 0 Å². The van der Waals surface area contributed by atoms with E-state index in [2.05, 4.69) is 12.2 Å². The maximum Gasteiger partial charge on any atom is 0.237 e. The maximum absolute atomic E-state index is 11.8. The SMILES string of the molecule is CCC(C)C(N)C(=O)NC1CCSCC1. The molecule has 0 aromatic heterocycles. The van der Waals surface area contributed by atoms with E-state index in [1.807, 2.05) is 18.7 Å². The number of rotatable bonds is 4. The number of nitrogens with two attached hydrogens (primary N) is 1. The van der Waals surface area contributed by atoms with Crippen LogP contribution < -0.4 is 11.1 Å². The summed E-state index contributed by atoms with van der Waals surface area (Å²) in [5, 5.41) is 3.06. The molecule has 0 saturated carbocycles. The first-order valence-electron chi connectivity index (χ1n) is 5.78. The van der Waals surface area contributed by atoms with Gasteiger partial charge in [0.25, 0.3) is 0 Å². The van der Waals surface area contributed by atoms with Crippen molar-refractivity contribution in [1.29, 1.82) is 0 Å². The Balaban J connectivity index is 2.33. The third-order valence-corrected chi connectivity index (χ3v) is 4.18. The van der Waals surface area contributed by atoms with Gasteiger partial charge in [-0.05, 0) is 30.3 Å². The highest BCUT2D eigenvalue weighted by Gasteiger charge is 2.23. The van der Waals surface area contributed by atoms with Crippen LogP contribution in [0.25, 0.3) is 0 Å². The van der Waals surface area contributed by atoms with Crippen molar-refractivity contribution < 1.29 is 4.79 Å². The molecule has 0 spiro atoms. The van der Waals surface area contributed by atoms with Crippen molar-refractivity contribution in [3.8, 4) is 0 Å². The Bertz CT molecular complexity index is 205. The molecular formula is C11H22N2OS. The van der Waals surface area contributed by atoms with Crippen LogP contribution in [-0.4, -0.2) is 29.5 Å². The Morgan fingerprint density at radius 2 is 2.13 bits per heavy atom. The van der Waals surface area contributed by atoms with Crippen LogP contribution in [0.2, 0.25) is 0 Å². The van der Waals surface area contributed by atoms with Crippen molar-refractivity contribution in [2.24, 2.45) is 11.7 Å². The maximum atomic E-state index is 11.8. The van der Waals surface area contributed by atoms with Crippen molar-refractivity contribution in [1.82, 2.24) is 5.32 Å². The molecular weight excluding hydrogens is 208 g/mol. The minimum atomic E-state index is -0.343. The lowest BCUT2D eigenvalue weighted by Crippen LogP contribution is -2.49. The van der Waals surface area contributed by atoms with E-state index in [9.17, 15) is 4.79 Å². The molecule has 1 aliphatic rings. The largest absolute Gasteiger partial charge is 0.352 e. The van der Waals surface area contributed by atoms with Crippen LogP contribution in [0.3, 0.4) is 0 Å². The predicted molar refractivity (Wildman–Crippen MR) is 65.9 cm³/mol. The van der Waals surface area contributed by atoms with Gasteiger partial charge < -0.3 is 11.1 Å².